The van der Waals surface area contributed by atoms with E-state index in [0.717, 1.165) is 16.9 Å². The first-order valence-electron chi connectivity index (χ1n) is 9.68. The number of pyridine rings is 1. The second-order valence-corrected chi connectivity index (χ2v) is 6.80. The van der Waals surface area contributed by atoms with Crippen LogP contribution < -0.4 is 10.6 Å². The van der Waals surface area contributed by atoms with E-state index < -0.39 is 6.04 Å². The monoisotopic (exact) mass is 399 g/mol. The van der Waals surface area contributed by atoms with Gasteiger partial charge in [0.1, 0.15) is 11.9 Å². The van der Waals surface area contributed by atoms with Gasteiger partial charge in [-0.25, -0.2) is 4.98 Å². The third kappa shape index (κ3) is 4.52. The Bertz CT molecular complexity index is 1110. The highest BCUT2D eigenvalue weighted by Crippen LogP contribution is 2.14. The molecule has 150 valence electrons. The summed E-state index contributed by atoms with van der Waals surface area (Å²) >= 11 is 0. The Kier molecular flexibility index (Phi) is 5.80. The van der Waals surface area contributed by atoms with Crippen LogP contribution in [0.1, 0.15) is 27.8 Å². The fourth-order valence-corrected chi connectivity index (χ4v) is 3.19. The van der Waals surface area contributed by atoms with Crippen molar-refractivity contribution in [2.24, 2.45) is 0 Å². The minimum Gasteiger partial charge on any atom is -0.354 e. The van der Waals surface area contributed by atoms with Crippen LogP contribution in [0.3, 0.4) is 0 Å². The van der Waals surface area contributed by atoms with Gasteiger partial charge in [0.15, 0.2) is 0 Å². The SMILES string of the molecule is O=C(NC(C(=O)NCCc1nc2ccccc2[nH]1)c1ccccc1)c1cccnc1. The van der Waals surface area contributed by atoms with Crippen molar-refractivity contribution in [2.45, 2.75) is 12.5 Å². The van der Waals surface area contributed by atoms with Gasteiger partial charge in [0.25, 0.3) is 5.91 Å². The highest BCUT2D eigenvalue weighted by molar-refractivity contribution is 5.97. The molecule has 0 radical (unpaired) electrons. The predicted molar refractivity (Wildman–Crippen MR) is 114 cm³/mol. The number of imidazole rings is 1. The number of benzene rings is 2. The number of rotatable bonds is 7. The van der Waals surface area contributed by atoms with Crippen molar-refractivity contribution in [1.82, 2.24) is 25.6 Å². The number of carbonyl (C=O) groups is 2. The summed E-state index contributed by atoms with van der Waals surface area (Å²) in [5, 5.41) is 5.71. The summed E-state index contributed by atoms with van der Waals surface area (Å²) in [6, 6.07) is 19.5. The third-order valence-corrected chi connectivity index (χ3v) is 4.69. The summed E-state index contributed by atoms with van der Waals surface area (Å²) in [5.41, 5.74) is 2.96. The molecule has 1 unspecified atom stereocenters. The minimum atomic E-state index is -0.811. The molecular weight excluding hydrogens is 378 g/mol. The molecule has 0 bridgehead atoms. The molecule has 0 spiro atoms. The van der Waals surface area contributed by atoms with E-state index in [-0.39, 0.29) is 11.8 Å². The van der Waals surface area contributed by atoms with Crippen molar-refractivity contribution in [3.8, 4) is 0 Å². The molecule has 4 rings (SSSR count). The van der Waals surface area contributed by atoms with Crippen molar-refractivity contribution in [3.05, 3.63) is 96.1 Å². The molecule has 0 aliphatic carbocycles. The van der Waals surface area contributed by atoms with Crippen LogP contribution in [-0.2, 0) is 11.2 Å². The number of carbonyl (C=O) groups excluding carboxylic acids is 2. The molecule has 2 aromatic heterocycles. The Hall–Kier alpha value is -4.00. The lowest BCUT2D eigenvalue weighted by Crippen LogP contribution is -2.41. The van der Waals surface area contributed by atoms with Gasteiger partial charge in [0.2, 0.25) is 5.91 Å². The molecule has 1 atom stereocenters. The van der Waals surface area contributed by atoms with Crippen molar-refractivity contribution >= 4 is 22.8 Å². The summed E-state index contributed by atoms with van der Waals surface area (Å²) < 4.78 is 0. The first-order chi connectivity index (χ1) is 14.7. The highest BCUT2D eigenvalue weighted by atomic mass is 16.2. The van der Waals surface area contributed by atoms with E-state index in [0.29, 0.717) is 24.1 Å². The minimum absolute atomic E-state index is 0.283. The highest BCUT2D eigenvalue weighted by Gasteiger charge is 2.23. The Morgan fingerprint density at radius 3 is 2.53 bits per heavy atom. The maximum Gasteiger partial charge on any atom is 0.253 e. The van der Waals surface area contributed by atoms with E-state index in [1.165, 1.54) is 6.20 Å². The van der Waals surface area contributed by atoms with Crippen LogP contribution in [0.4, 0.5) is 0 Å². The smallest absolute Gasteiger partial charge is 0.253 e. The quantitative estimate of drug-likeness (QED) is 0.445. The van der Waals surface area contributed by atoms with E-state index in [9.17, 15) is 9.59 Å². The van der Waals surface area contributed by atoms with E-state index in [2.05, 4.69) is 25.6 Å². The van der Waals surface area contributed by atoms with Gasteiger partial charge < -0.3 is 15.6 Å². The van der Waals surface area contributed by atoms with Crippen LogP contribution in [0.25, 0.3) is 11.0 Å². The van der Waals surface area contributed by atoms with E-state index in [1.807, 2.05) is 54.6 Å². The Balaban J connectivity index is 1.43. The lowest BCUT2D eigenvalue weighted by molar-refractivity contribution is -0.123. The molecule has 0 fully saturated rings. The number of aromatic amines is 1. The molecular formula is C23H21N5O2. The van der Waals surface area contributed by atoms with Gasteiger partial charge in [-0.15, -0.1) is 0 Å². The molecule has 0 aliphatic rings. The molecule has 7 heteroatoms. The van der Waals surface area contributed by atoms with Gasteiger partial charge in [0, 0.05) is 25.4 Å². The summed E-state index contributed by atoms with van der Waals surface area (Å²) in [6.07, 6.45) is 3.62. The third-order valence-electron chi connectivity index (χ3n) is 4.69. The lowest BCUT2D eigenvalue weighted by Gasteiger charge is -2.19. The Labute approximate surface area is 173 Å². The maximum atomic E-state index is 12.9. The Morgan fingerprint density at radius 1 is 0.967 bits per heavy atom. The second kappa shape index (κ2) is 9.00. The zero-order chi connectivity index (χ0) is 20.8. The maximum absolute atomic E-state index is 12.9. The van der Waals surface area contributed by atoms with Crippen molar-refractivity contribution in [3.63, 3.8) is 0 Å². The molecule has 2 amide bonds. The van der Waals surface area contributed by atoms with Crippen LogP contribution in [0, 0.1) is 0 Å². The number of fused-ring (bicyclic) bond motifs is 1. The standard InChI is InChI=1S/C23H21N5O2/c29-22(17-9-6-13-24-15-17)28-21(16-7-2-1-3-8-16)23(30)25-14-12-20-26-18-10-4-5-11-19(18)27-20/h1-11,13,15,21H,12,14H2,(H,25,30)(H,26,27)(H,28,29). The van der Waals surface area contributed by atoms with Gasteiger partial charge in [0.05, 0.1) is 16.6 Å². The van der Waals surface area contributed by atoms with Crippen LogP contribution in [0.15, 0.2) is 79.1 Å². The molecule has 2 aromatic carbocycles. The number of amides is 2. The number of nitrogens with one attached hydrogen (secondary N) is 3. The fourth-order valence-electron chi connectivity index (χ4n) is 3.19. The molecule has 3 N–H and O–H groups in total. The van der Waals surface area contributed by atoms with Gasteiger partial charge in [-0.1, -0.05) is 42.5 Å². The van der Waals surface area contributed by atoms with Gasteiger partial charge in [-0.05, 0) is 29.8 Å². The van der Waals surface area contributed by atoms with Crippen LogP contribution in [0.2, 0.25) is 0 Å². The molecule has 4 aromatic rings. The summed E-state index contributed by atoms with van der Waals surface area (Å²) in [5.74, 6) is 0.158. The fraction of sp³-hybridized carbons (Fsp3) is 0.130. The molecule has 2 heterocycles. The van der Waals surface area contributed by atoms with Crippen LogP contribution in [-0.4, -0.2) is 33.3 Å². The van der Waals surface area contributed by atoms with Crippen molar-refractivity contribution in [2.75, 3.05) is 6.54 Å². The van der Waals surface area contributed by atoms with Gasteiger partial charge in [-0.2, -0.15) is 0 Å². The molecule has 7 nitrogen and oxygen atoms in total. The normalized spacial score (nSPS) is 11.7. The van der Waals surface area contributed by atoms with Crippen molar-refractivity contribution < 1.29 is 9.59 Å². The van der Waals surface area contributed by atoms with Gasteiger partial charge >= 0.3 is 0 Å². The van der Waals surface area contributed by atoms with Crippen molar-refractivity contribution in [1.29, 1.82) is 0 Å². The molecule has 30 heavy (non-hydrogen) atoms. The van der Waals surface area contributed by atoms with E-state index in [4.69, 9.17) is 0 Å². The summed E-state index contributed by atoms with van der Waals surface area (Å²) in [4.78, 5) is 37.2. The largest absolute Gasteiger partial charge is 0.354 e. The lowest BCUT2D eigenvalue weighted by atomic mass is 10.1. The zero-order valence-electron chi connectivity index (χ0n) is 16.2. The molecule has 0 saturated carbocycles. The molecule has 0 aliphatic heterocycles. The number of H-pyrrole nitrogens is 1. The number of hydrogen-bond donors (Lipinski definition) is 3. The van der Waals surface area contributed by atoms with Gasteiger partial charge in [-0.3, -0.25) is 14.6 Å². The predicted octanol–water partition coefficient (Wildman–Crippen LogP) is 2.79. The number of aromatic nitrogens is 3. The van der Waals surface area contributed by atoms with E-state index >= 15 is 0 Å². The topological polar surface area (TPSA) is 99.8 Å². The summed E-state index contributed by atoms with van der Waals surface area (Å²) in [7, 11) is 0. The summed E-state index contributed by atoms with van der Waals surface area (Å²) in [6.45, 7) is 0.394. The first kappa shape index (κ1) is 19.3. The number of hydrogen-bond acceptors (Lipinski definition) is 4. The second-order valence-electron chi connectivity index (χ2n) is 6.80. The number of para-hydroxylation sites is 2. The van der Waals surface area contributed by atoms with E-state index in [1.54, 1.807) is 18.3 Å². The van der Waals surface area contributed by atoms with Crippen LogP contribution >= 0.6 is 0 Å². The van der Waals surface area contributed by atoms with Crippen LogP contribution in [0.5, 0.6) is 0 Å². The number of nitrogens with zero attached hydrogens (tertiary/aromatic N) is 2. The Morgan fingerprint density at radius 2 is 1.77 bits per heavy atom. The first-order valence-corrected chi connectivity index (χ1v) is 9.68. The average Bonchev–Trinajstić information content (AvgIpc) is 3.21. The average molecular weight is 399 g/mol. The zero-order valence-corrected chi connectivity index (χ0v) is 16.2. The molecule has 0 saturated heterocycles.